The second-order valence-corrected chi connectivity index (χ2v) is 7.90. The van der Waals surface area contributed by atoms with E-state index in [0.29, 0.717) is 12.3 Å². The third kappa shape index (κ3) is 4.78. The molecule has 118 valence electrons. The van der Waals surface area contributed by atoms with Gasteiger partial charge in [-0.3, -0.25) is 4.79 Å². The third-order valence-corrected chi connectivity index (χ3v) is 5.01. The van der Waals surface area contributed by atoms with Gasteiger partial charge in [-0.05, 0) is 38.8 Å². The van der Waals surface area contributed by atoms with Gasteiger partial charge in [-0.25, -0.2) is 4.98 Å². The summed E-state index contributed by atoms with van der Waals surface area (Å²) in [7, 11) is 0. The molecule has 21 heavy (non-hydrogen) atoms. The van der Waals surface area contributed by atoms with E-state index in [4.69, 9.17) is 0 Å². The van der Waals surface area contributed by atoms with Crippen molar-refractivity contribution in [1.29, 1.82) is 0 Å². The van der Waals surface area contributed by atoms with Crippen molar-refractivity contribution in [2.45, 2.75) is 58.4 Å². The van der Waals surface area contributed by atoms with Gasteiger partial charge in [-0.15, -0.1) is 11.3 Å². The third-order valence-electron chi connectivity index (χ3n) is 3.98. The first kappa shape index (κ1) is 16.4. The van der Waals surface area contributed by atoms with E-state index < -0.39 is 0 Å². The molecule has 2 atom stereocenters. The number of hydrogen-bond donors (Lipinski definition) is 2. The summed E-state index contributed by atoms with van der Waals surface area (Å²) >= 11 is 1.63. The van der Waals surface area contributed by atoms with Crippen LogP contribution in [0.25, 0.3) is 0 Å². The number of aromatic nitrogens is 1. The predicted octanol–water partition coefficient (Wildman–Crippen LogP) is 3.01. The Morgan fingerprint density at radius 1 is 1.57 bits per heavy atom. The molecule has 2 unspecified atom stereocenters. The summed E-state index contributed by atoms with van der Waals surface area (Å²) in [6, 6.07) is 0.000281. The Balaban J connectivity index is 1.81. The summed E-state index contributed by atoms with van der Waals surface area (Å²) in [4.78, 5) is 16.7. The smallest absolute Gasteiger partial charge is 0.220 e. The molecule has 1 aromatic heterocycles. The number of nitrogens with one attached hydrogen (secondary N) is 2. The Hall–Kier alpha value is -0.940. The van der Waals surface area contributed by atoms with E-state index in [-0.39, 0.29) is 17.4 Å². The Labute approximate surface area is 131 Å². The van der Waals surface area contributed by atoms with Gasteiger partial charge in [0, 0.05) is 17.2 Å². The van der Waals surface area contributed by atoms with Gasteiger partial charge < -0.3 is 10.6 Å². The topological polar surface area (TPSA) is 54.0 Å². The SMILES string of the molecule is CC(NC(=O)CCC1CCNC1)c1nc(C(C)(C)C)cs1. The van der Waals surface area contributed by atoms with Crippen molar-refractivity contribution in [3.63, 3.8) is 0 Å². The van der Waals surface area contributed by atoms with Gasteiger partial charge in [-0.2, -0.15) is 0 Å². The van der Waals surface area contributed by atoms with Crippen LogP contribution in [0.1, 0.15) is 63.7 Å². The number of amides is 1. The van der Waals surface area contributed by atoms with Crippen LogP contribution in [0.4, 0.5) is 0 Å². The minimum Gasteiger partial charge on any atom is -0.347 e. The molecule has 1 aromatic rings. The molecule has 0 bridgehead atoms. The Kier molecular flexibility index (Phi) is 5.38. The molecule has 1 aliphatic heterocycles. The van der Waals surface area contributed by atoms with E-state index in [1.165, 1.54) is 6.42 Å². The van der Waals surface area contributed by atoms with E-state index >= 15 is 0 Å². The average Bonchev–Trinajstić information content (AvgIpc) is 3.07. The van der Waals surface area contributed by atoms with Crippen LogP contribution in [0.2, 0.25) is 0 Å². The molecule has 1 fully saturated rings. The zero-order valence-electron chi connectivity index (χ0n) is 13.5. The van der Waals surface area contributed by atoms with Gasteiger partial charge in [0.1, 0.15) is 5.01 Å². The maximum absolute atomic E-state index is 12.0. The minimum absolute atomic E-state index is 0.000281. The number of carbonyl (C=O) groups is 1. The van der Waals surface area contributed by atoms with Crippen LogP contribution in [0.3, 0.4) is 0 Å². The molecule has 0 spiro atoms. The molecule has 0 aromatic carbocycles. The predicted molar refractivity (Wildman–Crippen MR) is 87.6 cm³/mol. The zero-order chi connectivity index (χ0) is 15.5. The highest BCUT2D eigenvalue weighted by molar-refractivity contribution is 7.09. The maximum atomic E-state index is 12.0. The first-order valence-corrected chi connectivity index (χ1v) is 8.70. The Bertz CT molecular complexity index is 472. The summed E-state index contributed by atoms with van der Waals surface area (Å²) in [5.41, 5.74) is 1.16. The van der Waals surface area contributed by atoms with Gasteiger partial charge in [0.15, 0.2) is 0 Å². The van der Waals surface area contributed by atoms with Crippen molar-refractivity contribution in [3.05, 3.63) is 16.1 Å². The fraction of sp³-hybridized carbons (Fsp3) is 0.750. The molecular formula is C16H27N3OS. The second-order valence-electron chi connectivity index (χ2n) is 7.01. The summed E-state index contributed by atoms with van der Waals surface area (Å²) in [5, 5.41) is 9.51. The van der Waals surface area contributed by atoms with Gasteiger partial charge in [0.2, 0.25) is 5.91 Å². The molecule has 0 saturated carbocycles. The summed E-state index contributed by atoms with van der Waals surface area (Å²) in [5.74, 6) is 0.806. The van der Waals surface area contributed by atoms with Gasteiger partial charge in [-0.1, -0.05) is 20.8 Å². The number of rotatable bonds is 5. The van der Waals surface area contributed by atoms with E-state index in [0.717, 1.165) is 30.2 Å². The van der Waals surface area contributed by atoms with Crippen molar-refractivity contribution in [2.75, 3.05) is 13.1 Å². The van der Waals surface area contributed by atoms with E-state index in [1.54, 1.807) is 11.3 Å². The lowest BCUT2D eigenvalue weighted by Crippen LogP contribution is -2.27. The molecule has 1 aliphatic rings. The van der Waals surface area contributed by atoms with Gasteiger partial charge in [0.25, 0.3) is 0 Å². The largest absolute Gasteiger partial charge is 0.347 e. The van der Waals surface area contributed by atoms with E-state index in [2.05, 4.69) is 41.8 Å². The van der Waals surface area contributed by atoms with Crippen LogP contribution < -0.4 is 10.6 Å². The van der Waals surface area contributed by atoms with Crippen molar-refractivity contribution in [3.8, 4) is 0 Å². The van der Waals surface area contributed by atoms with Crippen LogP contribution in [0, 0.1) is 5.92 Å². The number of hydrogen-bond acceptors (Lipinski definition) is 4. The van der Waals surface area contributed by atoms with Crippen LogP contribution >= 0.6 is 11.3 Å². The number of nitrogens with zero attached hydrogens (tertiary/aromatic N) is 1. The van der Waals surface area contributed by atoms with Crippen molar-refractivity contribution in [2.24, 2.45) is 5.92 Å². The van der Waals surface area contributed by atoms with E-state index in [1.807, 2.05) is 6.92 Å². The fourth-order valence-corrected chi connectivity index (χ4v) is 3.56. The highest BCUT2D eigenvalue weighted by Crippen LogP contribution is 2.26. The monoisotopic (exact) mass is 309 g/mol. The van der Waals surface area contributed by atoms with Crippen LogP contribution in [-0.2, 0) is 10.2 Å². The second kappa shape index (κ2) is 6.88. The van der Waals surface area contributed by atoms with Crippen LogP contribution in [-0.4, -0.2) is 24.0 Å². The maximum Gasteiger partial charge on any atom is 0.220 e. The number of thiazole rings is 1. The lowest BCUT2D eigenvalue weighted by atomic mass is 9.93. The van der Waals surface area contributed by atoms with Crippen LogP contribution in [0.5, 0.6) is 0 Å². The van der Waals surface area contributed by atoms with Crippen molar-refractivity contribution >= 4 is 17.2 Å². The molecule has 5 heteroatoms. The van der Waals surface area contributed by atoms with E-state index in [9.17, 15) is 4.79 Å². The van der Waals surface area contributed by atoms with Crippen molar-refractivity contribution in [1.82, 2.24) is 15.6 Å². The minimum atomic E-state index is 0.000281. The Morgan fingerprint density at radius 3 is 2.90 bits per heavy atom. The average molecular weight is 309 g/mol. The standard InChI is InChI=1S/C16H27N3OS/c1-11(15-19-13(10-21-15)16(2,3)4)18-14(20)6-5-12-7-8-17-9-12/h10-12,17H,5-9H2,1-4H3,(H,18,20). The lowest BCUT2D eigenvalue weighted by molar-refractivity contribution is -0.122. The zero-order valence-corrected chi connectivity index (χ0v) is 14.3. The van der Waals surface area contributed by atoms with Gasteiger partial charge in [0.05, 0.1) is 11.7 Å². The molecule has 2 N–H and O–H groups in total. The van der Waals surface area contributed by atoms with Crippen molar-refractivity contribution < 1.29 is 4.79 Å². The quantitative estimate of drug-likeness (QED) is 0.879. The molecule has 1 amide bonds. The molecule has 2 rings (SSSR count). The first-order chi connectivity index (χ1) is 9.86. The molecule has 2 heterocycles. The molecule has 4 nitrogen and oxygen atoms in total. The Morgan fingerprint density at radius 2 is 2.33 bits per heavy atom. The van der Waals surface area contributed by atoms with Crippen LogP contribution in [0.15, 0.2) is 5.38 Å². The first-order valence-electron chi connectivity index (χ1n) is 7.82. The van der Waals surface area contributed by atoms with Gasteiger partial charge >= 0.3 is 0 Å². The summed E-state index contributed by atoms with van der Waals surface area (Å²) in [6.45, 7) is 10.6. The highest BCUT2D eigenvalue weighted by Gasteiger charge is 2.21. The lowest BCUT2D eigenvalue weighted by Gasteiger charge is -2.15. The molecule has 1 saturated heterocycles. The number of carbonyl (C=O) groups excluding carboxylic acids is 1. The molecule has 0 radical (unpaired) electrons. The summed E-state index contributed by atoms with van der Waals surface area (Å²) < 4.78 is 0. The molecular weight excluding hydrogens is 282 g/mol. The fourth-order valence-electron chi connectivity index (χ4n) is 2.50. The normalized spacial score (nSPS) is 20.5. The molecule has 0 aliphatic carbocycles. The summed E-state index contributed by atoms with van der Waals surface area (Å²) in [6.07, 6.45) is 2.80. The highest BCUT2D eigenvalue weighted by atomic mass is 32.1.